The summed E-state index contributed by atoms with van der Waals surface area (Å²) in [7, 11) is -3.62. The van der Waals surface area contributed by atoms with E-state index in [1.165, 1.54) is 0 Å². The molecule has 0 aliphatic carbocycles. The summed E-state index contributed by atoms with van der Waals surface area (Å²) in [6, 6.07) is 7.54. The van der Waals surface area contributed by atoms with Crippen LogP contribution >= 0.6 is 0 Å². The molecule has 23 heavy (non-hydrogen) atoms. The second kappa shape index (κ2) is 8.00. The topological polar surface area (TPSA) is 114 Å². The molecule has 4 N–H and O–H groups in total. The Morgan fingerprint density at radius 2 is 2.00 bits per heavy atom. The van der Waals surface area contributed by atoms with E-state index in [0.717, 1.165) is 22.9 Å². The number of nitrogens with two attached hydrogens (primary N) is 1. The van der Waals surface area contributed by atoms with Gasteiger partial charge in [0.2, 0.25) is 5.91 Å². The Balaban J connectivity index is 1.76. The molecule has 0 aliphatic heterocycles. The Morgan fingerprint density at radius 1 is 1.17 bits per heavy atom. The van der Waals surface area contributed by atoms with Gasteiger partial charge in [0, 0.05) is 41.8 Å². The maximum Gasteiger partial charge on any atom is 0.274 e. The summed E-state index contributed by atoms with van der Waals surface area (Å²) < 4.78 is 23.6. The number of benzene rings is 1. The molecule has 2 aromatic rings. The minimum atomic E-state index is -3.62. The van der Waals surface area contributed by atoms with Crippen LogP contribution in [0.3, 0.4) is 0 Å². The Bertz CT molecular complexity index is 772. The second-order valence-electron chi connectivity index (χ2n) is 5.20. The molecule has 2 rings (SSSR count). The van der Waals surface area contributed by atoms with Gasteiger partial charge in [0.05, 0.1) is 0 Å². The lowest BCUT2D eigenvalue weighted by atomic mass is 10.1. The van der Waals surface area contributed by atoms with Crippen molar-refractivity contribution in [1.82, 2.24) is 9.71 Å². The van der Waals surface area contributed by atoms with Gasteiger partial charge in [0.15, 0.2) is 0 Å². The largest absolute Gasteiger partial charge is 0.326 e. The van der Waals surface area contributed by atoms with E-state index in [9.17, 15) is 13.2 Å². The highest BCUT2D eigenvalue weighted by Crippen LogP contribution is 2.22. The van der Waals surface area contributed by atoms with Crippen LogP contribution in [-0.2, 0) is 15.0 Å². The lowest BCUT2D eigenvalue weighted by Gasteiger charge is -2.08. The first-order chi connectivity index (χ1) is 11.0. The highest BCUT2D eigenvalue weighted by atomic mass is 32.2. The smallest absolute Gasteiger partial charge is 0.274 e. The predicted octanol–water partition coefficient (Wildman–Crippen LogP) is 1.53. The van der Waals surface area contributed by atoms with Crippen molar-refractivity contribution in [1.29, 1.82) is 0 Å². The molecule has 8 heteroatoms. The summed E-state index contributed by atoms with van der Waals surface area (Å²) in [4.78, 5) is 16.0. The molecule has 1 aromatic heterocycles. The second-order valence-corrected chi connectivity index (χ2v) is 6.58. The molecule has 0 atom stereocenters. The van der Waals surface area contributed by atoms with Crippen LogP contribution in [0.15, 0.2) is 36.7 Å². The number of carbonyl (C=O) groups excluding carboxylic acids is 1. The van der Waals surface area contributed by atoms with Crippen molar-refractivity contribution in [3.05, 3.63) is 36.7 Å². The van der Waals surface area contributed by atoms with Gasteiger partial charge in [-0.25, -0.2) is 9.86 Å². The zero-order valence-corrected chi connectivity index (χ0v) is 13.5. The molecule has 7 nitrogen and oxygen atoms in total. The number of nitrogens with zero attached hydrogens (tertiary/aromatic N) is 1. The third kappa shape index (κ3) is 5.93. The van der Waals surface area contributed by atoms with Crippen molar-refractivity contribution < 1.29 is 13.2 Å². The molecule has 0 saturated heterocycles. The fraction of sp³-hybridized carbons (Fsp3) is 0.333. The van der Waals surface area contributed by atoms with Crippen molar-refractivity contribution in [2.75, 3.05) is 11.9 Å². The fourth-order valence-corrected chi connectivity index (χ4v) is 2.67. The van der Waals surface area contributed by atoms with E-state index in [4.69, 9.17) is 5.14 Å². The molecule has 0 bridgehead atoms. The van der Waals surface area contributed by atoms with E-state index >= 15 is 0 Å². The lowest BCUT2D eigenvalue weighted by molar-refractivity contribution is -0.116. The average Bonchev–Trinajstić information content (AvgIpc) is 2.50. The van der Waals surface area contributed by atoms with Gasteiger partial charge in [0.25, 0.3) is 10.2 Å². The van der Waals surface area contributed by atoms with E-state index in [1.54, 1.807) is 12.4 Å². The molecular weight excluding hydrogens is 316 g/mol. The van der Waals surface area contributed by atoms with E-state index in [-0.39, 0.29) is 12.5 Å². The molecule has 0 unspecified atom stereocenters. The molecule has 0 fully saturated rings. The van der Waals surface area contributed by atoms with Crippen LogP contribution < -0.4 is 15.2 Å². The standard InChI is InChI=1S/C15H20N4O3S/c16-23(21,22)18-9-3-1-2-7-15(20)19-14-6-4-5-12-11-17-10-8-13(12)14/h4-6,8,10-11,18H,1-3,7,9H2,(H,19,20)(H2,16,21,22). The van der Waals surface area contributed by atoms with E-state index in [1.807, 2.05) is 24.3 Å². The summed E-state index contributed by atoms with van der Waals surface area (Å²) in [5.41, 5.74) is 0.769. The molecule has 1 heterocycles. The Kier molecular flexibility index (Phi) is 6.03. The highest BCUT2D eigenvalue weighted by molar-refractivity contribution is 7.87. The highest BCUT2D eigenvalue weighted by Gasteiger charge is 2.06. The summed E-state index contributed by atoms with van der Waals surface area (Å²) >= 11 is 0. The van der Waals surface area contributed by atoms with Crippen molar-refractivity contribution in [2.24, 2.45) is 5.14 Å². The van der Waals surface area contributed by atoms with Gasteiger partial charge in [0.1, 0.15) is 0 Å². The first kappa shape index (κ1) is 17.3. The summed E-state index contributed by atoms with van der Waals surface area (Å²) in [6.45, 7) is 0.288. The van der Waals surface area contributed by atoms with Crippen LogP contribution in [0.1, 0.15) is 25.7 Å². The molecule has 124 valence electrons. The molecule has 1 aromatic carbocycles. The number of fused-ring (bicyclic) bond motifs is 1. The maximum atomic E-state index is 12.0. The number of pyridine rings is 1. The minimum Gasteiger partial charge on any atom is -0.326 e. The Labute approximate surface area is 135 Å². The molecular formula is C15H20N4O3S. The summed E-state index contributed by atoms with van der Waals surface area (Å²) in [5, 5.41) is 9.65. The third-order valence-electron chi connectivity index (χ3n) is 3.34. The number of nitrogens with one attached hydrogen (secondary N) is 2. The van der Waals surface area contributed by atoms with Crippen LogP contribution in [0.25, 0.3) is 10.8 Å². The normalized spacial score (nSPS) is 11.5. The van der Waals surface area contributed by atoms with Crippen molar-refractivity contribution >= 4 is 32.6 Å². The van der Waals surface area contributed by atoms with Crippen molar-refractivity contribution in [3.63, 3.8) is 0 Å². The van der Waals surface area contributed by atoms with Gasteiger partial charge in [-0.15, -0.1) is 0 Å². The molecule has 0 spiro atoms. The molecule has 1 amide bonds. The van der Waals surface area contributed by atoms with Gasteiger partial charge < -0.3 is 5.32 Å². The van der Waals surface area contributed by atoms with Gasteiger partial charge in [-0.1, -0.05) is 18.6 Å². The first-order valence-corrected chi connectivity index (χ1v) is 8.90. The number of hydrogen-bond donors (Lipinski definition) is 3. The van der Waals surface area contributed by atoms with Crippen LogP contribution in [-0.4, -0.2) is 25.9 Å². The molecule has 0 radical (unpaired) electrons. The van der Waals surface area contributed by atoms with E-state index < -0.39 is 10.2 Å². The Hall–Kier alpha value is -2.03. The number of aromatic nitrogens is 1. The number of rotatable bonds is 8. The number of anilines is 1. The number of hydrogen-bond acceptors (Lipinski definition) is 4. The average molecular weight is 336 g/mol. The zero-order valence-electron chi connectivity index (χ0n) is 12.7. The van der Waals surface area contributed by atoms with Gasteiger partial charge >= 0.3 is 0 Å². The first-order valence-electron chi connectivity index (χ1n) is 7.36. The zero-order chi connectivity index (χ0) is 16.7. The monoisotopic (exact) mass is 336 g/mol. The molecule has 0 aliphatic rings. The minimum absolute atomic E-state index is 0.0614. The number of amides is 1. The maximum absolute atomic E-state index is 12.0. The SMILES string of the molecule is NS(=O)(=O)NCCCCCC(=O)Nc1cccc2cnccc12. The van der Waals surface area contributed by atoms with Gasteiger partial charge in [-0.05, 0) is 25.0 Å². The van der Waals surface area contributed by atoms with Crippen molar-refractivity contribution in [2.45, 2.75) is 25.7 Å². The van der Waals surface area contributed by atoms with E-state index in [0.29, 0.717) is 19.3 Å². The fourth-order valence-electron chi connectivity index (χ4n) is 2.25. The molecule has 0 saturated carbocycles. The van der Waals surface area contributed by atoms with Crippen LogP contribution in [0.4, 0.5) is 5.69 Å². The van der Waals surface area contributed by atoms with Crippen molar-refractivity contribution in [3.8, 4) is 0 Å². The number of carbonyl (C=O) groups is 1. The Morgan fingerprint density at radius 3 is 2.78 bits per heavy atom. The van der Waals surface area contributed by atoms with Gasteiger partial charge in [-0.2, -0.15) is 8.42 Å². The number of unbranched alkanes of at least 4 members (excludes halogenated alkanes) is 2. The summed E-state index contributed by atoms with van der Waals surface area (Å²) in [6.07, 6.45) is 5.90. The third-order valence-corrected chi connectivity index (χ3v) is 3.95. The predicted molar refractivity (Wildman–Crippen MR) is 90.0 cm³/mol. The van der Waals surface area contributed by atoms with E-state index in [2.05, 4.69) is 15.0 Å². The summed E-state index contributed by atoms with van der Waals surface area (Å²) in [5.74, 6) is -0.0614. The van der Waals surface area contributed by atoms with Crippen LogP contribution in [0.5, 0.6) is 0 Å². The quantitative estimate of drug-likeness (QED) is 0.634. The van der Waals surface area contributed by atoms with Crippen LogP contribution in [0.2, 0.25) is 0 Å². The lowest BCUT2D eigenvalue weighted by Crippen LogP contribution is -2.31. The van der Waals surface area contributed by atoms with Crippen LogP contribution in [0, 0.1) is 0 Å². The van der Waals surface area contributed by atoms with Gasteiger partial charge in [-0.3, -0.25) is 9.78 Å².